The molecule has 0 aromatic heterocycles. The van der Waals surface area contributed by atoms with Gasteiger partial charge in [-0.15, -0.1) is 0 Å². The molecular weight excluding hydrogens is 340 g/mol. The largest absolute Gasteiger partial charge is 0.234 e. The summed E-state index contributed by atoms with van der Waals surface area (Å²) in [6.07, 6.45) is 2.03. The molecule has 0 bridgehead atoms. The minimum atomic E-state index is 0.0809. The zero-order valence-corrected chi connectivity index (χ0v) is 15.6. The summed E-state index contributed by atoms with van der Waals surface area (Å²) in [5.41, 5.74) is 4.51. The van der Waals surface area contributed by atoms with E-state index in [2.05, 4.69) is 72.8 Å². The van der Waals surface area contributed by atoms with Gasteiger partial charge in [0, 0.05) is 12.1 Å². The van der Waals surface area contributed by atoms with Gasteiger partial charge in [0.1, 0.15) is 0 Å². The Kier molecular flexibility index (Phi) is 5.60. The molecule has 0 aliphatic carbocycles. The Morgan fingerprint density at radius 3 is 1.25 bits per heavy atom. The predicted molar refractivity (Wildman–Crippen MR) is 118 cm³/mol. The maximum absolute atomic E-state index is 4.93. The predicted octanol–water partition coefficient (Wildman–Crippen LogP) is 6.64. The zero-order chi connectivity index (χ0) is 19.0. The van der Waals surface area contributed by atoms with E-state index in [1.165, 1.54) is 11.1 Å². The Morgan fingerprint density at radius 2 is 0.857 bits per heavy atom. The van der Waals surface area contributed by atoms with Crippen LogP contribution >= 0.6 is 0 Å². The van der Waals surface area contributed by atoms with Crippen LogP contribution in [0.25, 0.3) is 0 Å². The molecule has 28 heavy (non-hydrogen) atoms. The molecule has 4 rings (SSSR count). The number of benzene rings is 4. The van der Waals surface area contributed by atoms with E-state index >= 15 is 0 Å². The molecule has 0 saturated heterocycles. The molecule has 0 unspecified atom stereocenters. The fourth-order valence-electron chi connectivity index (χ4n) is 3.24. The highest BCUT2D eigenvalue weighted by atomic mass is 15.5. The molecule has 0 saturated carbocycles. The van der Waals surface area contributed by atoms with Crippen molar-refractivity contribution in [3.63, 3.8) is 0 Å². The molecular formula is C26H22N2. The fraction of sp³-hybridized carbons (Fsp3) is 0.0385. The fourth-order valence-corrected chi connectivity index (χ4v) is 3.24. The first-order valence-electron chi connectivity index (χ1n) is 9.46. The first-order valence-corrected chi connectivity index (χ1v) is 9.46. The Balaban J connectivity index is 1.75. The van der Waals surface area contributed by atoms with Crippen LogP contribution in [0.3, 0.4) is 0 Å². The van der Waals surface area contributed by atoms with Crippen LogP contribution in [0.5, 0.6) is 0 Å². The summed E-state index contributed by atoms with van der Waals surface area (Å²) in [7, 11) is 0. The molecule has 4 aromatic rings. The standard InChI is InChI=1S/C26H22N2/c1-5-13-22(14-6-1)26(23-15-7-2-8-16-23)21-27-28(24-17-9-3-10-18-24)25-19-11-4-12-20-25/h1-21,26H/b27-21-. The number of hydrazone groups is 1. The summed E-state index contributed by atoms with van der Waals surface area (Å²) in [4.78, 5) is 0. The average Bonchev–Trinajstić information content (AvgIpc) is 2.79. The quantitative estimate of drug-likeness (QED) is 0.277. The third-order valence-electron chi connectivity index (χ3n) is 4.65. The molecule has 2 heteroatoms. The van der Waals surface area contributed by atoms with Crippen molar-refractivity contribution >= 4 is 17.6 Å². The molecule has 0 spiro atoms. The number of hydrogen-bond acceptors (Lipinski definition) is 2. The topological polar surface area (TPSA) is 15.6 Å². The molecule has 2 nitrogen and oxygen atoms in total. The van der Waals surface area contributed by atoms with Crippen LogP contribution < -0.4 is 5.01 Å². The second-order valence-electron chi connectivity index (χ2n) is 6.55. The second kappa shape index (κ2) is 8.83. The first-order chi connectivity index (χ1) is 13.9. The molecule has 0 aliphatic rings. The second-order valence-corrected chi connectivity index (χ2v) is 6.55. The van der Waals surface area contributed by atoms with Gasteiger partial charge in [-0.3, -0.25) is 0 Å². The van der Waals surface area contributed by atoms with E-state index in [4.69, 9.17) is 5.10 Å². The van der Waals surface area contributed by atoms with Gasteiger partial charge in [0.15, 0.2) is 0 Å². The number of nitrogens with zero attached hydrogens (tertiary/aromatic N) is 2. The van der Waals surface area contributed by atoms with E-state index < -0.39 is 0 Å². The summed E-state index contributed by atoms with van der Waals surface area (Å²) in [5.74, 6) is 0.0809. The highest BCUT2D eigenvalue weighted by Crippen LogP contribution is 2.27. The van der Waals surface area contributed by atoms with Crippen molar-refractivity contribution in [2.24, 2.45) is 5.10 Å². The Hall–Kier alpha value is -3.65. The zero-order valence-electron chi connectivity index (χ0n) is 15.6. The van der Waals surface area contributed by atoms with Crippen LogP contribution in [-0.2, 0) is 0 Å². The highest BCUT2D eigenvalue weighted by molar-refractivity contribution is 5.76. The lowest BCUT2D eigenvalue weighted by Gasteiger charge is -2.21. The first kappa shape index (κ1) is 17.7. The third kappa shape index (κ3) is 4.18. The van der Waals surface area contributed by atoms with Crippen LogP contribution in [0.15, 0.2) is 126 Å². The number of hydrogen-bond donors (Lipinski definition) is 0. The molecule has 0 aliphatic heterocycles. The lowest BCUT2D eigenvalue weighted by Crippen LogP contribution is -2.12. The van der Waals surface area contributed by atoms with Gasteiger partial charge >= 0.3 is 0 Å². The van der Waals surface area contributed by atoms with Crippen LogP contribution in [0.1, 0.15) is 17.0 Å². The van der Waals surface area contributed by atoms with Crippen molar-refractivity contribution in [3.8, 4) is 0 Å². The van der Waals surface area contributed by atoms with Crippen molar-refractivity contribution in [2.45, 2.75) is 5.92 Å². The molecule has 0 N–H and O–H groups in total. The van der Waals surface area contributed by atoms with Crippen molar-refractivity contribution in [3.05, 3.63) is 132 Å². The van der Waals surface area contributed by atoms with Gasteiger partial charge in [-0.25, -0.2) is 5.01 Å². The van der Waals surface area contributed by atoms with Crippen molar-refractivity contribution < 1.29 is 0 Å². The van der Waals surface area contributed by atoms with Crippen molar-refractivity contribution in [1.82, 2.24) is 0 Å². The highest BCUT2D eigenvalue weighted by Gasteiger charge is 2.13. The Labute approximate surface area is 166 Å². The molecule has 4 aromatic carbocycles. The minimum absolute atomic E-state index is 0.0809. The summed E-state index contributed by atoms with van der Waals surface area (Å²) in [6.45, 7) is 0. The molecule has 0 atom stereocenters. The van der Waals surface area contributed by atoms with E-state index in [1.807, 2.05) is 59.8 Å². The number of rotatable bonds is 6. The summed E-state index contributed by atoms with van der Waals surface area (Å²) in [5, 5.41) is 6.91. The van der Waals surface area contributed by atoms with Crippen molar-refractivity contribution in [2.75, 3.05) is 5.01 Å². The lowest BCUT2D eigenvalue weighted by atomic mass is 9.92. The SMILES string of the molecule is C(=N/N(c1ccccc1)c1ccccc1)/C(c1ccccc1)c1ccccc1. The van der Waals surface area contributed by atoms with Crippen LogP contribution in [0.2, 0.25) is 0 Å². The van der Waals surface area contributed by atoms with Crippen LogP contribution in [0.4, 0.5) is 11.4 Å². The van der Waals surface area contributed by atoms with Gasteiger partial charge in [0.05, 0.1) is 11.4 Å². The van der Waals surface area contributed by atoms with Gasteiger partial charge in [0.25, 0.3) is 0 Å². The molecule has 0 heterocycles. The maximum Gasteiger partial charge on any atom is 0.0652 e. The van der Waals surface area contributed by atoms with E-state index in [1.54, 1.807) is 0 Å². The van der Waals surface area contributed by atoms with E-state index in [0.717, 1.165) is 11.4 Å². The van der Waals surface area contributed by atoms with E-state index in [0.29, 0.717) is 0 Å². The van der Waals surface area contributed by atoms with Gasteiger partial charge < -0.3 is 0 Å². The van der Waals surface area contributed by atoms with Gasteiger partial charge in [0.2, 0.25) is 0 Å². The molecule has 0 fully saturated rings. The minimum Gasteiger partial charge on any atom is -0.234 e. The average molecular weight is 362 g/mol. The van der Waals surface area contributed by atoms with Crippen molar-refractivity contribution in [1.29, 1.82) is 0 Å². The molecule has 0 radical (unpaired) electrons. The number of para-hydroxylation sites is 2. The monoisotopic (exact) mass is 362 g/mol. The molecule has 136 valence electrons. The lowest BCUT2D eigenvalue weighted by molar-refractivity contribution is 1.04. The normalized spacial score (nSPS) is 11.0. The Bertz CT molecular complexity index is 833. The van der Waals surface area contributed by atoms with Gasteiger partial charge in [-0.1, -0.05) is 97.1 Å². The van der Waals surface area contributed by atoms with E-state index in [-0.39, 0.29) is 5.92 Å². The number of anilines is 2. The maximum atomic E-state index is 4.93. The van der Waals surface area contributed by atoms with Gasteiger partial charge in [-0.05, 0) is 35.4 Å². The Morgan fingerprint density at radius 1 is 0.500 bits per heavy atom. The summed E-state index contributed by atoms with van der Waals surface area (Å²) >= 11 is 0. The third-order valence-corrected chi connectivity index (χ3v) is 4.65. The van der Waals surface area contributed by atoms with Gasteiger partial charge in [-0.2, -0.15) is 5.10 Å². The molecule has 0 amide bonds. The smallest absolute Gasteiger partial charge is 0.0652 e. The van der Waals surface area contributed by atoms with E-state index in [9.17, 15) is 0 Å². The van der Waals surface area contributed by atoms with Crippen LogP contribution in [0, 0.1) is 0 Å². The summed E-state index contributed by atoms with van der Waals surface area (Å²) in [6, 6.07) is 41.5. The van der Waals surface area contributed by atoms with Crippen LogP contribution in [-0.4, -0.2) is 6.21 Å². The summed E-state index contributed by atoms with van der Waals surface area (Å²) < 4.78 is 0.